The third-order valence-corrected chi connectivity index (χ3v) is 4.64. The highest BCUT2D eigenvalue weighted by atomic mass is 32.2. The van der Waals surface area contributed by atoms with Crippen molar-refractivity contribution in [2.24, 2.45) is 0 Å². The van der Waals surface area contributed by atoms with Crippen molar-refractivity contribution in [2.45, 2.75) is 37.5 Å². The summed E-state index contributed by atoms with van der Waals surface area (Å²) in [5, 5.41) is 0.706. The molecule has 0 spiro atoms. The van der Waals surface area contributed by atoms with E-state index in [1.54, 1.807) is 12.4 Å². The zero-order valence-electron chi connectivity index (χ0n) is 10.9. The summed E-state index contributed by atoms with van der Waals surface area (Å²) in [6.07, 6.45) is 8.08. The lowest BCUT2D eigenvalue weighted by Crippen LogP contribution is -2.36. The van der Waals surface area contributed by atoms with E-state index in [2.05, 4.69) is 16.9 Å². The van der Waals surface area contributed by atoms with Gasteiger partial charge in [0.15, 0.2) is 0 Å². The number of carbonyl (C=O) groups excluding carboxylic acids is 1. The number of rotatable bonds is 4. The Kier molecular flexibility index (Phi) is 4.58. The van der Waals surface area contributed by atoms with Gasteiger partial charge in [-0.15, -0.1) is 0 Å². The van der Waals surface area contributed by atoms with Crippen molar-refractivity contribution in [1.29, 1.82) is 0 Å². The first-order valence-corrected chi connectivity index (χ1v) is 7.42. The lowest BCUT2D eigenvalue weighted by atomic mass is 10.2. The van der Waals surface area contributed by atoms with Crippen LogP contribution in [0.5, 0.6) is 0 Å². The molecule has 98 valence electrons. The van der Waals surface area contributed by atoms with Gasteiger partial charge in [0.2, 0.25) is 0 Å². The normalized spacial score (nSPS) is 23.0. The summed E-state index contributed by atoms with van der Waals surface area (Å²) in [6, 6.07) is 0.351. The Morgan fingerprint density at radius 1 is 1.50 bits per heavy atom. The minimum absolute atomic E-state index is 0.0183. The first kappa shape index (κ1) is 13.3. The van der Waals surface area contributed by atoms with Gasteiger partial charge < -0.3 is 4.90 Å². The van der Waals surface area contributed by atoms with Crippen LogP contribution in [-0.4, -0.2) is 44.9 Å². The fourth-order valence-corrected chi connectivity index (χ4v) is 3.54. The monoisotopic (exact) mass is 265 g/mol. The number of amides is 1. The second-order valence-electron chi connectivity index (χ2n) is 4.55. The third-order valence-electron chi connectivity index (χ3n) is 3.41. The molecule has 5 heteroatoms. The lowest BCUT2D eigenvalue weighted by molar-refractivity contribution is 0.0729. The molecule has 1 aliphatic rings. The molecule has 0 bridgehead atoms. The maximum atomic E-state index is 12.2. The van der Waals surface area contributed by atoms with Crippen molar-refractivity contribution in [3.8, 4) is 0 Å². The first-order chi connectivity index (χ1) is 8.72. The van der Waals surface area contributed by atoms with E-state index in [1.807, 2.05) is 23.7 Å². The van der Waals surface area contributed by atoms with Crippen LogP contribution in [0.25, 0.3) is 0 Å². The molecule has 0 radical (unpaired) electrons. The third kappa shape index (κ3) is 3.02. The van der Waals surface area contributed by atoms with Crippen molar-refractivity contribution in [2.75, 3.05) is 12.8 Å². The van der Waals surface area contributed by atoms with E-state index < -0.39 is 0 Å². The highest BCUT2D eigenvalue weighted by molar-refractivity contribution is 7.99. The van der Waals surface area contributed by atoms with Crippen molar-refractivity contribution in [3.63, 3.8) is 0 Å². The molecule has 4 nitrogen and oxygen atoms in total. The highest BCUT2D eigenvalue weighted by Gasteiger charge is 2.30. The van der Waals surface area contributed by atoms with Gasteiger partial charge in [-0.3, -0.25) is 9.78 Å². The smallest absolute Gasteiger partial charge is 0.274 e. The molecule has 0 aromatic carbocycles. The van der Waals surface area contributed by atoms with E-state index in [0.717, 1.165) is 18.6 Å². The summed E-state index contributed by atoms with van der Waals surface area (Å²) in [7, 11) is 1.88. The van der Waals surface area contributed by atoms with Crippen LogP contribution < -0.4 is 0 Å². The quantitative estimate of drug-likeness (QED) is 0.837. The van der Waals surface area contributed by atoms with Gasteiger partial charge in [-0.2, -0.15) is 11.8 Å². The van der Waals surface area contributed by atoms with Crippen molar-refractivity contribution in [1.82, 2.24) is 14.9 Å². The Labute approximate surface area is 112 Å². The molecule has 1 saturated carbocycles. The fraction of sp³-hybridized carbons (Fsp3) is 0.615. The Bertz CT molecular complexity index is 398. The summed E-state index contributed by atoms with van der Waals surface area (Å²) in [6.45, 7) is 2.19. The second-order valence-corrected chi connectivity index (χ2v) is 6.13. The van der Waals surface area contributed by atoms with Gasteiger partial charge >= 0.3 is 0 Å². The van der Waals surface area contributed by atoms with E-state index in [9.17, 15) is 4.79 Å². The first-order valence-electron chi connectivity index (χ1n) is 6.37. The standard InChI is InChI=1S/C13H19N3OS/c1-3-18-11-5-4-10(8-11)16(2)13(17)12-9-14-6-7-15-12/h6-7,9-11H,3-5,8H2,1-2H3/t10-,11-/m1/s1. The van der Waals surface area contributed by atoms with Crippen molar-refractivity contribution >= 4 is 17.7 Å². The van der Waals surface area contributed by atoms with Crippen LogP contribution in [0.4, 0.5) is 0 Å². The SMILES string of the molecule is CCS[C@@H]1CC[C@@H](N(C)C(=O)c2cnccn2)C1. The zero-order valence-corrected chi connectivity index (χ0v) is 11.7. The van der Waals surface area contributed by atoms with Crippen molar-refractivity contribution < 1.29 is 4.79 Å². The van der Waals surface area contributed by atoms with E-state index >= 15 is 0 Å². The topological polar surface area (TPSA) is 46.1 Å². The average molecular weight is 265 g/mol. The number of hydrogen-bond donors (Lipinski definition) is 0. The molecule has 1 aliphatic carbocycles. The second kappa shape index (κ2) is 6.18. The lowest BCUT2D eigenvalue weighted by Gasteiger charge is -2.24. The molecule has 1 aromatic rings. The fourth-order valence-electron chi connectivity index (χ4n) is 2.41. The van der Waals surface area contributed by atoms with Crippen LogP contribution >= 0.6 is 11.8 Å². The largest absolute Gasteiger partial charge is 0.337 e. The van der Waals surface area contributed by atoms with Crippen LogP contribution in [0.2, 0.25) is 0 Å². The van der Waals surface area contributed by atoms with Crippen LogP contribution in [0.3, 0.4) is 0 Å². The summed E-state index contributed by atoms with van der Waals surface area (Å²) in [4.78, 5) is 22.1. The molecule has 1 aromatic heterocycles. The number of nitrogens with zero attached hydrogens (tertiary/aromatic N) is 3. The van der Waals surface area contributed by atoms with Gasteiger partial charge in [-0.1, -0.05) is 6.92 Å². The van der Waals surface area contributed by atoms with Gasteiger partial charge in [0.1, 0.15) is 5.69 Å². The number of thioether (sulfide) groups is 1. The average Bonchev–Trinajstić information content (AvgIpc) is 2.87. The van der Waals surface area contributed by atoms with Gasteiger partial charge in [0.25, 0.3) is 5.91 Å². The molecule has 2 rings (SSSR count). The highest BCUT2D eigenvalue weighted by Crippen LogP contribution is 2.32. The van der Waals surface area contributed by atoms with Gasteiger partial charge in [-0.25, -0.2) is 4.98 Å². The van der Waals surface area contributed by atoms with E-state index in [0.29, 0.717) is 17.0 Å². The van der Waals surface area contributed by atoms with Gasteiger partial charge in [0.05, 0.1) is 6.20 Å². The zero-order chi connectivity index (χ0) is 13.0. The molecule has 2 atom stereocenters. The summed E-state index contributed by atoms with van der Waals surface area (Å²) in [5.74, 6) is 1.13. The Morgan fingerprint density at radius 3 is 3.00 bits per heavy atom. The molecule has 0 N–H and O–H groups in total. The van der Waals surface area contributed by atoms with E-state index in [-0.39, 0.29) is 5.91 Å². The van der Waals surface area contributed by atoms with E-state index in [1.165, 1.54) is 12.6 Å². The minimum atomic E-state index is -0.0183. The molecule has 18 heavy (non-hydrogen) atoms. The summed E-state index contributed by atoms with van der Waals surface area (Å²) in [5.41, 5.74) is 0.437. The Morgan fingerprint density at radius 2 is 2.33 bits per heavy atom. The van der Waals surface area contributed by atoms with Gasteiger partial charge in [-0.05, 0) is 25.0 Å². The minimum Gasteiger partial charge on any atom is -0.337 e. The molecule has 1 amide bonds. The number of carbonyl (C=O) groups is 1. The van der Waals surface area contributed by atoms with E-state index in [4.69, 9.17) is 0 Å². The van der Waals surface area contributed by atoms with Crippen LogP contribution in [0, 0.1) is 0 Å². The van der Waals surface area contributed by atoms with Gasteiger partial charge in [0, 0.05) is 30.7 Å². The molecule has 0 unspecified atom stereocenters. The molecule has 1 heterocycles. The molecular weight excluding hydrogens is 246 g/mol. The maximum Gasteiger partial charge on any atom is 0.274 e. The van der Waals surface area contributed by atoms with Crippen LogP contribution in [0.15, 0.2) is 18.6 Å². The number of aromatic nitrogens is 2. The molecule has 1 fully saturated rings. The summed E-state index contributed by atoms with van der Waals surface area (Å²) >= 11 is 2.00. The molecule has 0 aliphatic heterocycles. The van der Waals surface area contributed by atoms with Crippen molar-refractivity contribution in [3.05, 3.63) is 24.3 Å². The maximum absolute atomic E-state index is 12.2. The number of hydrogen-bond acceptors (Lipinski definition) is 4. The molecule has 0 saturated heterocycles. The Balaban J connectivity index is 1.96. The summed E-state index contributed by atoms with van der Waals surface area (Å²) < 4.78 is 0. The Hall–Kier alpha value is -1.10. The van der Waals surface area contributed by atoms with Crippen LogP contribution in [-0.2, 0) is 0 Å². The van der Waals surface area contributed by atoms with Crippen LogP contribution in [0.1, 0.15) is 36.7 Å². The molecular formula is C13H19N3OS. The predicted molar refractivity (Wildman–Crippen MR) is 73.7 cm³/mol. The predicted octanol–water partition coefficient (Wildman–Crippen LogP) is 2.22.